The lowest BCUT2D eigenvalue weighted by molar-refractivity contribution is 0.0697. The lowest BCUT2D eigenvalue weighted by atomic mass is 9.93. The van der Waals surface area contributed by atoms with Crippen LogP contribution in [0.15, 0.2) is 36.8 Å². The van der Waals surface area contributed by atoms with E-state index < -0.39 is 0 Å². The summed E-state index contributed by atoms with van der Waals surface area (Å²) in [6.45, 7) is 1.55. The first kappa shape index (κ1) is 20.2. The Hall–Kier alpha value is -3.46. The fraction of sp³-hybridized carbons (Fsp3) is 0.417. The smallest absolute Gasteiger partial charge is 0.256 e. The predicted molar refractivity (Wildman–Crippen MR) is 125 cm³/mol. The van der Waals surface area contributed by atoms with Crippen LogP contribution < -0.4 is 10.6 Å². The number of nitrogens with zero attached hydrogens (tertiary/aromatic N) is 5. The van der Waals surface area contributed by atoms with Crippen molar-refractivity contribution in [3.8, 4) is 22.6 Å². The van der Waals surface area contributed by atoms with E-state index in [1.165, 1.54) is 0 Å². The second kappa shape index (κ2) is 8.15. The molecule has 33 heavy (non-hydrogen) atoms. The Balaban J connectivity index is 1.41. The standard InChI is InChI=1S/C24H27N7O2/c1-25-21-12-20(29-23-19(14-27-31(21)23)24(32)28-15-4-2-5-15)18-13-26-22-17(18)6-3-9-30(22)16-7-10-33-11-8-16/h3,6,9,12-16,25H,2,4-5,7-8,10-11H2,1H3,(H,28,32). The Bertz CT molecular complexity index is 1280. The van der Waals surface area contributed by atoms with Gasteiger partial charge in [-0.25, -0.2) is 9.97 Å². The molecule has 0 radical (unpaired) electrons. The van der Waals surface area contributed by atoms with Crippen molar-refractivity contribution in [3.05, 3.63) is 42.4 Å². The predicted octanol–water partition coefficient (Wildman–Crippen LogP) is 3.37. The molecule has 0 atom stereocenters. The van der Waals surface area contributed by atoms with Gasteiger partial charge in [0.25, 0.3) is 5.91 Å². The van der Waals surface area contributed by atoms with Gasteiger partial charge in [-0.15, -0.1) is 0 Å². The summed E-state index contributed by atoms with van der Waals surface area (Å²) in [5, 5.41) is 10.7. The molecular formula is C24H27N7O2. The maximum Gasteiger partial charge on any atom is 0.256 e. The van der Waals surface area contributed by atoms with Crippen molar-refractivity contribution >= 4 is 17.4 Å². The average molecular weight is 446 g/mol. The zero-order valence-electron chi connectivity index (χ0n) is 18.6. The van der Waals surface area contributed by atoms with E-state index in [0.29, 0.717) is 17.3 Å². The Morgan fingerprint density at radius 1 is 1.15 bits per heavy atom. The molecule has 3 aliphatic heterocycles. The number of amides is 1. The molecule has 6 rings (SSSR count). The minimum atomic E-state index is -0.121. The normalized spacial score (nSPS) is 17.4. The minimum Gasteiger partial charge on any atom is -0.381 e. The summed E-state index contributed by atoms with van der Waals surface area (Å²) in [6.07, 6.45) is 10.8. The molecule has 1 aliphatic carbocycles. The zero-order valence-corrected chi connectivity index (χ0v) is 18.6. The second-order valence-electron chi connectivity index (χ2n) is 8.84. The molecule has 0 spiro atoms. The van der Waals surface area contributed by atoms with Crippen LogP contribution in [-0.4, -0.2) is 56.4 Å². The molecular weight excluding hydrogens is 418 g/mol. The number of hydrogen-bond acceptors (Lipinski definition) is 6. The fourth-order valence-corrected chi connectivity index (χ4v) is 4.77. The van der Waals surface area contributed by atoms with E-state index in [-0.39, 0.29) is 11.9 Å². The van der Waals surface area contributed by atoms with Crippen molar-refractivity contribution in [3.63, 3.8) is 0 Å². The molecule has 1 amide bonds. The SMILES string of the molecule is CNc1cc(-c2cnc3n(C4CCOCC4)cccc2-3)nc2c(C(=O)NC3CCC3)cnn12. The van der Waals surface area contributed by atoms with Gasteiger partial charge in [0.05, 0.1) is 11.9 Å². The van der Waals surface area contributed by atoms with Crippen LogP contribution in [0, 0.1) is 0 Å². The average Bonchev–Trinajstić information content (AvgIpc) is 3.45. The summed E-state index contributed by atoms with van der Waals surface area (Å²) >= 11 is 0. The maximum absolute atomic E-state index is 12.9. The highest BCUT2D eigenvalue weighted by molar-refractivity contribution is 6.00. The molecule has 1 saturated carbocycles. The first-order chi connectivity index (χ1) is 16.2. The summed E-state index contributed by atoms with van der Waals surface area (Å²) in [5.74, 6) is 1.59. The molecule has 0 unspecified atom stereocenters. The topological polar surface area (TPSA) is 98.4 Å². The van der Waals surface area contributed by atoms with Gasteiger partial charge in [0.15, 0.2) is 5.65 Å². The summed E-state index contributed by atoms with van der Waals surface area (Å²) in [7, 11) is 1.84. The third-order valence-corrected chi connectivity index (χ3v) is 6.87. The van der Waals surface area contributed by atoms with Gasteiger partial charge >= 0.3 is 0 Å². The summed E-state index contributed by atoms with van der Waals surface area (Å²) in [5.41, 5.74) is 3.77. The van der Waals surface area contributed by atoms with Crippen molar-refractivity contribution in [2.45, 2.75) is 44.2 Å². The number of nitrogens with one attached hydrogen (secondary N) is 2. The molecule has 9 nitrogen and oxygen atoms in total. The largest absolute Gasteiger partial charge is 0.381 e. The number of hydrogen-bond donors (Lipinski definition) is 2. The van der Waals surface area contributed by atoms with Crippen LogP contribution in [-0.2, 0) is 4.74 Å². The molecule has 5 heterocycles. The van der Waals surface area contributed by atoms with Crippen LogP contribution in [0.4, 0.5) is 5.82 Å². The van der Waals surface area contributed by atoms with Crippen LogP contribution >= 0.6 is 0 Å². The third kappa shape index (κ3) is 3.43. The number of pyridine rings is 1. The van der Waals surface area contributed by atoms with Crippen molar-refractivity contribution < 1.29 is 9.53 Å². The van der Waals surface area contributed by atoms with Crippen molar-refractivity contribution in [2.75, 3.05) is 25.6 Å². The van der Waals surface area contributed by atoms with Crippen molar-refractivity contribution in [2.24, 2.45) is 0 Å². The number of anilines is 1. The lowest BCUT2D eigenvalue weighted by Crippen LogP contribution is -2.39. The first-order valence-electron chi connectivity index (χ1n) is 11.6. The maximum atomic E-state index is 12.9. The molecule has 1 saturated heterocycles. The van der Waals surface area contributed by atoms with E-state index in [2.05, 4.69) is 38.6 Å². The van der Waals surface area contributed by atoms with E-state index in [4.69, 9.17) is 14.7 Å². The molecule has 2 aromatic heterocycles. The van der Waals surface area contributed by atoms with Gasteiger partial charge in [0.1, 0.15) is 17.2 Å². The number of carbonyl (C=O) groups is 1. The van der Waals surface area contributed by atoms with Crippen LogP contribution in [0.5, 0.6) is 0 Å². The Labute approximate surface area is 191 Å². The van der Waals surface area contributed by atoms with E-state index >= 15 is 0 Å². The molecule has 0 bridgehead atoms. The molecule has 4 aliphatic rings. The van der Waals surface area contributed by atoms with Gasteiger partial charge < -0.3 is 19.9 Å². The monoisotopic (exact) mass is 445 g/mol. The van der Waals surface area contributed by atoms with Crippen molar-refractivity contribution in [1.29, 1.82) is 0 Å². The second-order valence-corrected chi connectivity index (χ2v) is 8.84. The van der Waals surface area contributed by atoms with Gasteiger partial charge in [0.2, 0.25) is 0 Å². The number of aromatic nitrogens is 5. The molecule has 9 heteroatoms. The van der Waals surface area contributed by atoms with E-state index in [9.17, 15) is 4.79 Å². The quantitative estimate of drug-likeness (QED) is 0.489. The number of rotatable bonds is 5. The lowest BCUT2D eigenvalue weighted by Gasteiger charge is -2.26. The fourth-order valence-electron chi connectivity index (χ4n) is 4.77. The summed E-state index contributed by atoms with van der Waals surface area (Å²) < 4.78 is 9.48. The van der Waals surface area contributed by atoms with Crippen LogP contribution in [0.2, 0.25) is 0 Å². The molecule has 170 valence electrons. The van der Waals surface area contributed by atoms with Gasteiger partial charge in [0, 0.05) is 61.9 Å². The van der Waals surface area contributed by atoms with E-state index in [1.54, 1.807) is 10.7 Å². The highest BCUT2D eigenvalue weighted by Gasteiger charge is 2.26. The molecule has 2 N–H and O–H groups in total. The Morgan fingerprint density at radius 3 is 2.76 bits per heavy atom. The van der Waals surface area contributed by atoms with Gasteiger partial charge in [-0.05, 0) is 44.2 Å². The van der Waals surface area contributed by atoms with E-state index in [1.807, 2.05) is 19.3 Å². The van der Waals surface area contributed by atoms with Gasteiger partial charge in [-0.2, -0.15) is 9.61 Å². The van der Waals surface area contributed by atoms with Gasteiger partial charge in [-0.1, -0.05) is 0 Å². The number of ether oxygens (including phenoxy) is 1. The minimum absolute atomic E-state index is 0.121. The van der Waals surface area contributed by atoms with E-state index in [0.717, 1.165) is 73.8 Å². The highest BCUT2D eigenvalue weighted by atomic mass is 16.5. The Morgan fingerprint density at radius 2 is 2.00 bits per heavy atom. The summed E-state index contributed by atoms with van der Waals surface area (Å²) in [4.78, 5) is 22.6. The van der Waals surface area contributed by atoms with Crippen molar-refractivity contribution in [1.82, 2.24) is 29.5 Å². The third-order valence-electron chi connectivity index (χ3n) is 6.87. The number of carbonyl (C=O) groups excluding carboxylic acids is 1. The van der Waals surface area contributed by atoms with Crippen LogP contribution in [0.25, 0.3) is 28.3 Å². The highest BCUT2D eigenvalue weighted by Crippen LogP contribution is 2.36. The summed E-state index contributed by atoms with van der Waals surface area (Å²) in [6, 6.07) is 6.74. The van der Waals surface area contributed by atoms with Gasteiger partial charge in [-0.3, -0.25) is 4.79 Å². The van der Waals surface area contributed by atoms with Crippen LogP contribution in [0.3, 0.4) is 0 Å². The molecule has 2 aromatic rings. The Kier molecular flexibility index (Phi) is 4.98. The molecule has 2 fully saturated rings. The number of fused-ring (bicyclic) bond motifs is 2. The zero-order chi connectivity index (χ0) is 22.4. The first-order valence-corrected chi connectivity index (χ1v) is 11.6. The molecule has 0 aromatic carbocycles. The van der Waals surface area contributed by atoms with Crippen LogP contribution in [0.1, 0.15) is 48.5 Å².